The van der Waals surface area contributed by atoms with Crippen molar-refractivity contribution in [1.29, 1.82) is 0 Å². The van der Waals surface area contributed by atoms with Gasteiger partial charge < -0.3 is 9.64 Å². The van der Waals surface area contributed by atoms with Crippen LogP contribution in [0.1, 0.15) is 6.42 Å². The van der Waals surface area contributed by atoms with Gasteiger partial charge in [0.25, 0.3) is 5.91 Å². The number of amides is 2. The molecule has 1 aromatic carbocycles. The minimum Gasteiger partial charge on any atom is -0.497 e. The topological polar surface area (TPSA) is 59.1 Å². The second-order valence-electron chi connectivity index (χ2n) is 4.62. The molecule has 108 valence electrons. The fourth-order valence-corrected chi connectivity index (χ4v) is 2.23. The molecule has 1 unspecified atom stereocenters. The fraction of sp³-hybridized carbons (Fsp3) is 0.429. The molecule has 6 heteroatoms. The predicted molar refractivity (Wildman–Crippen MR) is 73.2 cm³/mol. The van der Waals surface area contributed by atoms with Crippen molar-refractivity contribution < 1.29 is 19.2 Å². The van der Waals surface area contributed by atoms with Gasteiger partial charge in [0.2, 0.25) is 5.91 Å². The highest BCUT2D eigenvalue weighted by Crippen LogP contribution is 2.27. The van der Waals surface area contributed by atoms with Crippen molar-refractivity contribution >= 4 is 17.5 Å². The van der Waals surface area contributed by atoms with E-state index < -0.39 is 0 Å². The Morgan fingerprint density at radius 2 is 1.95 bits per heavy atom. The number of nitrogens with zero attached hydrogens (tertiary/aromatic N) is 2. The lowest BCUT2D eigenvalue weighted by molar-refractivity contribution is -0.172. The van der Waals surface area contributed by atoms with Crippen LogP contribution in [0.3, 0.4) is 0 Å². The third kappa shape index (κ3) is 2.75. The molecule has 20 heavy (non-hydrogen) atoms. The van der Waals surface area contributed by atoms with Gasteiger partial charge in [-0.1, -0.05) is 0 Å². The van der Waals surface area contributed by atoms with Crippen LogP contribution < -0.4 is 9.64 Å². The standard InChI is InChI=1S/C14H18N2O4/c1-15(20-3)14(18)10-8-13(17)16(9-10)11-4-6-12(19-2)7-5-11/h4-7,10H,8-9H2,1-3H3. The smallest absolute Gasteiger partial charge is 0.251 e. The Balaban J connectivity index is 2.10. The van der Waals surface area contributed by atoms with Crippen molar-refractivity contribution in [2.24, 2.45) is 5.92 Å². The van der Waals surface area contributed by atoms with E-state index in [0.717, 1.165) is 16.5 Å². The largest absolute Gasteiger partial charge is 0.497 e. The average molecular weight is 278 g/mol. The van der Waals surface area contributed by atoms with Gasteiger partial charge in [0, 0.05) is 25.7 Å². The van der Waals surface area contributed by atoms with Gasteiger partial charge in [-0.25, -0.2) is 5.06 Å². The summed E-state index contributed by atoms with van der Waals surface area (Å²) in [7, 11) is 4.56. The van der Waals surface area contributed by atoms with Crippen molar-refractivity contribution in [2.45, 2.75) is 6.42 Å². The molecule has 1 fully saturated rings. The lowest BCUT2D eigenvalue weighted by Crippen LogP contribution is -2.34. The molecule has 1 aliphatic heterocycles. The van der Waals surface area contributed by atoms with Crippen LogP contribution in [0.25, 0.3) is 0 Å². The fourth-order valence-electron chi connectivity index (χ4n) is 2.23. The molecule has 0 saturated carbocycles. The molecule has 0 spiro atoms. The highest BCUT2D eigenvalue weighted by Gasteiger charge is 2.36. The zero-order chi connectivity index (χ0) is 14.7. The van der Waals surface area contributed by atoms with Crippen LogP contribution >= 0.6 is 0 Å². The van der Waals surface area contributed by atoms with Crippen LogP contribution in [0.15, 0.2) is 24.3 Å². The van der Waals surface area contributed by atoms with Crippen LogP contribution in [0.2, 0.25) is 0 Å². The van der Waals surface area contributed by atoms with Gasteiger partial charge in [0.1, 0.15) is 5.75 Å². The second-order valence-corrected chi connectivity index (χ2v) is 4.62. The molecule has 0 radical (unpaired) electrons. The van der Waals surface area contributed by atoms with Gasteiger partial charge in [-0.05, 0) is 24.3 Å². The molecule has 1 heterocycles. The Morgan fingerprint density at radius 3 is 2.50 bits per heavy atom. The van der Waals surface area contributed by atoms with Gasteiger partial charge in [-0.15, -0.1) is 0 Å². The minimum absolute atomic E-state index is 0.0574. The van der Waals surface area contributed by atoms with E-state index in [4.69, 9.17) is 9.57 Å². The van der Waals surface area contributed by atoms with E-state index in [1.54, 1.807) is 31.2 Å². The van der Waals surface area contributed by atoms with E-state index in [1.165, 1.54) is 7.11 Å². The maximum atomic E-state index is 12.0. The number of methoxy groups -OCH3 is 1. The van der Waals surface area contributed by atoms with E-state index >= 15 is 0 Å². The lowest BCUT2D eigenvalue weighted by Gasteiger charge is -2.19. The summed E-state index contributed by atoms with van der Waals surface area (Å²) in [5.74, 6) is 0.122. The molecule has 1 saturated heterocycles. The number of anilines is 1. The number of hydrogen-bond donors (Lipinski definition) is 0. The van der Waals surface area contributed by atoms with Crippen LogP contribution in [0.5, 0.6) is 5.75 Å². The Morgan fingerprint density at radius 1 is 1.30 bits per heavy atom. The van der Waals surface area contributed by atoms with E-state index in [-0.39, 0.29) is 24.2 Å². The van der Waals surface area contributed by atoms with Crippen molar-refractivity contribution in [2.75, 3.05) is 32.7 Å². The van der Waals surface area contributed by atoms with Crippen molar-refractivity contribution in [3.63, 3.8) is 0 Å². The quantitative estimate of drug-likeness (QED) is 0.773. The summed E-state index contributed by atoms with van der Waals surface area (Å²) < 4.78 is 5.08. The monoisotopic (exact) mass is 278 g/mol. The van der Waals surface area contributed by atoms with Gasteiger partial charge in [-0.2, -0.15) is 0 Å². The van der Waals surface area contributed by atoms with Crippen LogP contribution in [-0.2, 0) is 14.4 Å². The van der Waals surface area contributed by atoms with Crippen LogP contribution in [-0.4, -0.2) is 44.7 Å². The summed E-state index contributed by atoms with van der Waals surface area (Å²) >= 11 is 0. The van der Waals surface area contributed by atoms with Crippen molar-refractivity contribution in [1.82, 2.24) is 5.06 Å². The predicted octanol–water partition coefficient (Wildman–Crippen LogP) is 1.07. The highest BCUT2D eigenvalue weighted by molar-refractivity contribution is 6.00. The lowest BCUT2D eigenvalue weighted by atomic mass is 10.1. The van der Waals surface area contributed by atoms with Crippen LogP contribution in [0.4, 0.5) is 5.69 Å². The first-order valence-corrected chi connectivity index (χ1v) is 6.33. The van der Waals surface area contributed by atoms with Gasteiger partial charge in [0.15, 0.2) is 0 Å². The number of carbonyl (C=O) groups is 2. The maximum absolute atomic E-state index is 12.0. The number of hydroxylamine groups is 2. The molecule has 1 aromatic rings. The summed E-state index contributed by atoms with van der Waals surface area (Å²) in [6.07, 6.45) is 0.207. The Hall–Kier alpha value is -2.08. The Bertz CT molecular complexity index is 500. The average Bonchev–Trinajstić information content (AvgIpc) is 2.87. The first-order valence-electron chi connectivity index (χ1n) is 6.33. The molecule has 0 aromatic heterocycles. The summed E-state index contributed by atoms with van der Waals surface area (Å²) in [5, 5.41) is 1.16. The number of carbonyl (C=O) groups excluding carboxylic acids is 2. The molecule has 0 bridgehead atoms. The van der Waals surface area contributed by atoms with Crippen molar-refractivity contribution in [3.05, 3.63) is 24.3 Å². The summed E-state index contributed by atoms with van der Waals surface area (Å²) in [6.45, 7) is 0.373. The third-order valence-corrected chi connectivity index (χ3v) is 3.44. The van der Waals surface area contributed by atoms with E-state index in [0.29, 0.717) is 6.54 Å². The molecular weight excluding hydrogens is 260 g/mol. The molecule has 2 amide bonds. The van der Waals surface area contributed by atoms with E-state index in [9.17, 15) is 9.59 Å². The second kappa shape index (κ2) is 5.92. The van der Waals surface area contributed by atoms with Crippen LogP contribution in [0, 0.1) is 5.92 Å². The molecule has 0 aliphatic carbocycles. The van der Waals surface area contributed by atoms with Gasteiger partial charge in [0.05, 0.1) is 20.1 Å². The van der Waals surface area contributed by atoms with Gasteiger partial charge >= 0.3 is 0 Å². The number of ether oxygens (including phenoxy) is 1. The van der Waals surface area contributed by atoms with E-state index in [1.807, 2.05) is 12.1 Å². The first-order chi connectivity index (χ1) is 9.56. The van der Waals surface area contributed by atoms with Gasteiger partial charge in [-0.3, -0.25) is 14.4 Å². The zero-order valence-electron chi connectivity index (χ0n) is 11.8. The normalized spacial score (nSPS) is 18.2. The molecular formula is C14H18N2O4. The summed E-state index contributed by atoms with van der Waals surface area (Å²) in [5.41, 5.74) is 0.770. The first kappa shape index (κ1) is 14.3. The van der Waals surface area contributed by atoms with E-state index in [2.05, 4.69) is 0 Å². The van der Waals surface area contributed by atoms with Crippen molar-refractivity contribution in [3.8, 4) is 5.75 Å². The zero-order valence-corrected chi connectivity index (χ0v) is 11.8. The molecule has 1 atom stereocenters. The summed E-state index contributed by atoms with van der Waals surface area (Å²) in [6, 6.07) is 7.20. The summed E-state index contributed by atoms with van der Waals surface area (Å²) in [4.78, 5) is 30.5. The maximum Gasteiger partial charge on any atom is 0.251 e. The minimum atomic E-state index is -0.366. The SMILES string of the molecule is COc1ccc(N2CC(C(=O)N(C)OC)CC2=O)cc1. The highest BCUT2D eigenvalue weighted by atomic mass is 16.7. The molecule has 6 nitrogen and oxygen atoms in total. The third-order valence-electron chi connectivity index (χ3n) is 3.44. The molecule has 2 rings (SSSR count). The Kier molecular flexibility index (Phi) is 4.24. The number of rotatable bonds is 4. The molecule has 0 N–H and O–H groups in total. The Labute approximate surface area is 117 Å². The number of hydrogen-bond acceptors (Lipinski definition) is 4. The molecule has 1 aliphatic rings. The number of benzene rings is 1.